The number of ether oxygens (including phenoxy) is 3. The number of methoxy groups -OCH3 is 1. The van der Waals surface area contributed by atoms with Gasteiger partial charge in [-0.2, -0.15) is 0 Å². The number of phenolic OH excluding ortho intramolecular Hbond substituents is 1. The first-order chi connectivity index (χ1) is 27.0. The van der Waals surface area contributed by atoms with Crippen molar-refractivity contribution < 1.29 is 39.1 Å². The Bertz CT molecular complexity index is 2190. The number of terminal acetylenes is 1. The maximum atomic E-state index is 13.4. The Hall–Kier alpha value is -5.21. The van der Waals surface area contributed by atoms with E-state index in [0.717, 1.165) is 12.8 Å². The number of amides is 1. The van der Waals surface area contributed by atoms with Crippen LogP contribution in [0.4, 0.5) is 10.5 Å². The van der Waals surface area contributed by atoms with Crippen LogP contribution in [-0.2, 0) is 26.4 Å². The minimum absolute atomic E-state index is 0.0922. The molecule has 1 saturated carbocycles. The number of fused-ring (bicyclic) bond motifs is 1. The number of rotatable bonds is 15. The molecule has 15 heteroatoms. The van der Waals surface area contributed by atoms with E-state index in [1.807, 2.05) is 17.8 Å². The lowest BCUT2D eigenvalue weighted by molar-refractivity contribution is -0.169. The van der Waals surface area contributed by atoms with Gasteiger partial charge in [-0.3, -0.25) is 10.1 Å². The van der Waals surface area contributed by atoms with Gasteiger partial charge in [-0.25, -0.2) is 9.59 Å². The van der Waals surface area contributed by atoms with Crippen molar-refractivity contribution in [3.05, 3.63) is 108 Å². The zero-order valence-corrected chi connectivity index (χ0v) is 32.6. The van der Waals surface area contributed by atoms with E-state index in [1.54, 1.807) is 48.5 Å². The highest BCUT2D eigenvalue weighted by molar-refractivity contribution is 7.12. The van der Waals surface area contributed by atoms with E-state index < -0.39 is 23.8 Å². The van der Waals surface area contributed by atoms with Crippen molar-refractivity contribution in [3.8, 4) is 23.8 Å². The molecule has 5 aromatic rings. The number of phenols is 1. The SMILES string of the molecule is C#Cc1cc(CNC[C@H](O)c2ccc(O)c3[nH]c(=O)ccc23)c(OC)cc1NC(=O)OCCN(C)C1CCC(OC(=O)C(O)(c2cccs2)c2cccs2)CC1. The van der Waals surface area contributed by atoms with Gasteiger partial charge in [-0.05, 0) is 79.4 Å². The second-order valence-corrected chi connectivity index (χ2v) is 15.4. The number of likely N-dealkylation sites (N-methyl/N-ethyl adjacent to an activating group) is 1. The van der Waals surface area contributed by atoms with E-state index >= 15 is 0 Å². The highest BCUT2D eigenvalue weighted by Crippen LogP contribution is 2.38. The van der Waals surface area contributed by atoms with Crippen molar-refractivity contribution in [2.24, 2.45) is 0 Å². The number of H-pyrrole nitrogens is 1. The Balaban J connectivity index is 0.959. The van der Waals surface area contributed by atoms with Gasteiger partial charge in [0.15, 0.2) is 0 Å². The highest BCUT2D eigenvalue weighted by Gasteiger charge is 2.45. The van der Waals surface area contributed by atoms with Crippen LogP contribution in [0.1, 0.15) is 58.2 Å². The Kier molecular flexibility index (Phi) is 13.1. The summed E-state index contributed by atoms with van der Waals surface area (Å²) in [5.41, 5.74) is 0.0271. The van der Waals surface area contributed by atoms with Gasteiger partial charge in [0.1, 0.15) is 24.2 Å². The standard InChI is InChI=1S/C41H44N4O9S2/c1-4-25-21-26(23-42-24-33(47)29-13-15-32(46)38-30(29)14-16-37(48)44-38)34(52-3)22-31(25)43-40(50)53-18-17-45(2)27-9-11-28(12-10-27)54-39(49)41(51,35-7-5-19-55-35)36-8-6-20-56-36/h1,5-8,13-16,19-22,27-28,33,42,46-47,51H,9-12,17-18,23-24H2,2-3H3,(H,43,50)(H,44,48)/t27?,28?,33-/m0/s1. The van der Waals surface area contributed by atoms with Crippen LogP contribution < -0.4 is 20.9 Å². The number of aromatic nitrogens is 1. The number of pyridine rings is 1. The van der Waals surface area contributed by atoms with Crippen LogP contribution in [0.5, 0.6) is 11.5 Å². The highest BCUT2D eigenvalue weighted by atomic mass is 32.1. The number of benzene rings is 2. The van der Waals surface area contributed by atoms with E-state index in [4.69, 9.17) is 20.6 Å². The molecule has 1 fully saturated rings. The summed E-state index contributed by atoms with van der Waals surface area (Å²) in [6.45, 7) is 1.03. The van der Waals surface area contributed by atoms with Crippen molar-refractivity contribution in [3.63, 3.8) is 0 Å². The fourth-order valence-electron chi connectivity index (χ4n) is 6.92. The minimum atomic E-state index is -1.83. The van der Waals surface area contributed by atoms with Crippen LogP contribution in [0, 0.1) is 12.3 Å². The second kappa shape index (κ2) is 18.2. The molecule has 1 amide bonds. The normalized spacial score (nSPS) is 16.3. The Labute approximate surface area is 331 Å². The van der Waals surface area contributed by atoms with Gasteiger partial charge in [-0.1, -0.05) is 24.1 Å². The number of nitrogens with one attached hydrogen (secondary N) is 3. The fourth-order valence-corrected chi connectivity index (χ4v) is 8.64. The van der Waals surface area contributed by atoms with E-state index in [9.17, 15) is 29.7 Å². The summed E-state index contributed by atoms with van der Waals surface area (Å²) >= 11 is 2.63. The minimum Gasteiger partial charge on any atom is -0.506 e. The van der Waals surface area contributed by atoms with Gasteiger partial charge in [0.25, 0.3) is 0 Å². The number of aliphatic hydroxyl groups excluding tert-OH is 1. The lowest BCUT2D eigenvalue weighted by atomic mass is 9.91. The second-order valence-electron chi connectivity index (χ2n) is 13.5. The first kappa shape index (κ1) is 40.5. The molecule has 1 aliphatic rings. The summed E-state index contributed by atoms with van der Waals surface area (Å²) in [6.07, 6.45) is 6.71. The van der Waals surface area contributed by atoms with E-state index in [2.05, 4.69) is 26.4 Å². The van der Waals surface area contributed by atoms with Gasteiger partial charge >= 0.3 is 12.1 Å². The number of hydrogen-bond acceptors (Lipinski definition) is 13. The van der Waals surface area contributed by atoms with Crippen LogP contribution in [0.25, 0.3) is 10.9 Å². The zero-order valence-electron chi connectivity index (χ0n) is 30.9. The summed E-state index contributed by atoms with van der Waals surface area (Å²) in [6, 6.07) is 16.5. The third-order valence-corrected chi connectivity index (χ3v) is 12.0. The Morgan fingerprint density at radius 2 is 1.79 bits per heavy atom. The lowest BCUT2D eigenvalue weighted by Gasteiger charge is -2.35. The van der Waals surface area contributed by atoms with Crippen LogP contribution in [0.2, 0.25) is 0 Å². The molecular weight excluding hydrogens is 757 g/mol. The number of carbonyl (C=O) groups excluding carboxylic acids is 2. The van der Waals surface area contributed by atoms with Crippen molar-refractivity contribution >= 4 is 51.3 Å². The Morgan fingerprint density at radius 1 is 1.07 bits per heavy atom. The number of esters is 1. The smallest absolute Gasteiger partial charge is 0.411 e. The number of nitrogens with zero attached hydrogens (tertiary/aromatic N) is 1. The number of aliphatic hydroxyl groups is 2. The van der Waals surface area contributed by atoms with Crippen molar-refractivity contribution in [2.45, 2.75) is 56.1 Å². The Morgan fingerprint density at radius 3 is 2.43 bits per heavy atom. The van der Waals surface area contributed by atoms with Crippen molar-refractivity contribution in [1.82, 2.24) is 15.2 Å². The number of hydrogen-bond donors (Lipinski definition) is 6. The molecule has 0 aliphatic heterocycles. The molecule has 6 rings (SSSR count). The van der Waals surface area contributed by atoms with E-state index in [-0.39, 0.29) is 48.7 Å². The average molecular weight is 801 g/mol. The quantitative estimate of drug-likeness (QED) is 0.0586. The topological polar surface area (TPSA) is 183 Å². The van der Waals surface area contributed by atoms with Crippen molar-refractivity contribution in [1.29, 1.82) is 0 Å². The van der Waals surface area contributed by atoms with Gasteiger partial charge in [-0.15, -0.1) is 29.1 Å². The third-order valence-electron chi connectivity index (χ3n) is 10.0. The molecule has 6 N–H and O–H groups in total. The maximum Gasteiger partial charge on any atom is 0.411 e. The van der Waals surface area contributed by atoms with Crippen LogP contribution >= 0.6 is 22.7 Å². The molecule has 1 aliphatic carbocycles. The molecule has 1 atom stereocenters. The average Bonchev–Trinajstić information content (AvgIpc) is 3.95. The van der Waals surface area contributed by atoms with E-state index in [0.29, 0.717) is 62.7 Å². The molecule has 3 aromatic heterocycles. The summed E-state index contributed by atoms with van der Waals surface area (Å²) in [5.74, 6) is 2.30. The molecule has 0 bridgehead atoms. The van der Waals surface area contributed by atoms with E-state index in [1.165, 1.54) is 41.9 Å². The predicted octanol–water partition coefficient (Wildman–Crippen LogP) is 5.44. The van der Waals surface area contributed by atoms with Crippen LogP contribution in [-0.4, -0.2) is 83.3 Å². The number of aromatic hydroxyl groups is 1. The molecule has 56 heavy (non-hydrogen) atoms. The number of thiophene rings is 2. The van der Waals surface area contributed by atoms with Crippen molar-refractivity contribution in [2.75, 3.05) is 39.2 Å². The summed E-state index contributed by atoms with van der Waals surface area (Å²) in [5, 5.41) is 42.7. The molecular formula is C41H44N4O9S2. The third kappa shape index (κ3) is 9.08. The number of carbonyl (C=O) groups is 2. The first-order valence-corrected chi connectivity index (χ1v) is 19.8. The largest absolute Gasteiger partial charge is 0.506 e. The van der Waals surface area contributed by atoms with Crippen LogP contribution in [0.3, 0.4) is 0 Å². The zero-order chi connectivity index (χ0) is 39.8. The molecule has 13 nitrogen and oxygen atoms in total. The molecule has 0 saturated heterocycles. The molecule has 0 spiro atoms. The van der Waals surface area contributed by atoms with Gasteiger partial charge in [0.2, 0.25) is 11.2 Å². The van der Waals surface area contributed by atoms with Gasteiger partial charge < -0.3 is 44.7 Å². The predicted molar refractivity (Wildman–Crippen MR) is 215 cm³/mol. The molecule has 2 aromatic carbocycles. The fraction of sp³-hybridized carbons (Fsp3) is 0.341. The summed E-state index contributed by atoms with van der Waals surface area (Å²) in [7, 11) is 3.46. The monoisotopic (exact) mass is 800 g/mol. The van der Waals surface area contributed by atoms with Gasteiger partial charge in [0, 0.05) is 54.3 Å². The summed E-state index contributed by atoms with van der Waals surface area (Å²) in [4.78, 5) is 43.7. The molecule has 3 heterocycles. The molecule has 0 unspecified atom stereocenters. The molecule has 294 valence electrons. The molecule has 0 radical (unpaired) electrons. The summed E-state index contributed by atoms with van der Waals surface area (Å²) < 4.78 is 17.0. The van der Waals surface area contributed by atoms with Gasteiger partial charge in [0.05, 0.1) is 34.2 Å². The maximum absolute atomic E-state index is 13.4. The lowest BCUT2D eigenvalue weighted by Crippen LogP contribution is -2.42. The first-order valence-electron chi connectivity index (χ1n) is 18.1. The number of aromatic amines is 1. The van der Waals surface area contributed by atoms with Crippen LogP contribution in [0.15, 0.2) is 76.2 Å². The number of anilines is 1.